The van der Waals surface area contributed by atoms with Gasteiger partial charge in [-0.25, -0.2) is 4.79 Å². The van der Waals surface area contributed by atoms with Gasteiger partial charge >= 0.3 is 11.9 Å². The van der Waals surface area contributed by atoms with Gasteiger partial charge < -0.3 is 14.1 Å². The standard InChI is InChI=1S/C15H16N4O6/c20-14(12-4-5-13(25-12)19(22)23)18-8-1-3-11(18)15(21)24-10-9-17-7-2-6-16-17/h2,4-7,11H,1,3,8-10H2/t11-/m1/s1. The fourth-order valence-electron chi connectivity index (χ4n) is 2.71. The fourth-order valence-corrected chi connectivity index (χ4v) is 2.71. The van der Waals surface area contributed by atoms with E-state index in [0.717, 1.165) is 6.07 Å². The van der Waals surface area contributed by atoms with Crippen molar-refractivity contribution in [3.8, 4) is 0 Å². The Labute approximate surface area is 142 Å². The second-order valence-corrected chi connectivity index (χ2v) is 5.49. The van der Waals surface area contributed by atoms with Gasteiger partial charge in [0.2, 0.25) is 0 Å². The molecule has 1 atom stereocenters. The van der Waals surface area contributed by atoms with Crippen molar-refractivity contribution in [2.45, 2.75) is 25.4 Å². The van der Waals surface area contributed by atoms with Gasteiger partial charge in [0.05, 0.1) is 12.6 Å². The lowest BCUT2D eigenvalue weighted by Gasteiger charge is -2.22. The van der Waals surface area contributed by atoms with Crippen molar-refractivity contribution in [3.63, 3.8) is 0 Å². The number of carbonyl (C=O) groups is 2. The lowest BCUT2D eigenvalue weighted by atomic mass is 10.2. The second kappa shape index (κ2) is 7.16. The van der Waals surface area contributed by atoms with Crippen molar-refractivity contribution in [2.75, 3.05) is 13.2 Å². The highest BCUT2D eigenvalue weighted by Crippen LogP contribution is 2.24. The van der Waals surface area contributed by atoms with E-state index in [1.807, 2.05) is 0 Å². The minimum Gasteiger partial charge on any atom is -0.462 e. The number of aromatic nitrogens is 2. The van der Waals surface area contributed by atoms with E-state index in [1.54, 1.807) is 23.1 Å². The molecular weight excluding hydrogens is 332 g/mol. The van der Waals surface area contributed by atoms with Crippen molar-refractivity contribution < 1.29 is 23.7 Å². The molecule has 3 heterocycles. The van der Waals surface area contributed by atoms with Crippen LogP contribution in [0.5, 0.6) is 0 Å². The largest absolute Gasteiger partial charge is 0.462 e. The lowest BCUT2D eigenvalue weighted by Crippen LogP contribution is -2.41. The molecule has 0 aliphatic carbocycles. The van der Waals surface area contributed by atoms with Crippen molar-refractivity contribution in [1.82, 2.24) is 14.7 Å². The van der Waals surface area contributed by atoms with Crippen molar-refractivity contribution >= 4 is 17.8 Å². The van der Waals surface area contributed by atoms with Crippen LogP contribution in [0.3, 0.4) is 0 Å². The van der Waals surface area contributed by atoms with E-state index >= 15 is 0 Å². The highest BCUT2D eigenvalue weighted by molar-refractivity contribution is 5.95. The minimum absolute atomic E-state index is 0.144. The van der Waals surface area contributed by atoms with Crippen LogP contribution in [0.2, 0.25) is 0 Å². The predicted octanol–water partition coefficient (Wildman–Crippen LogP) is 1.23. The second-order valence-electron chi connectivity index (χ2n) is 5.49. The Morgan fingerprint density at radius 2 is 2.28 bits per heavy atom. The van der Waals surface area contributed by atoms with Gasteiger partial charge in [-0.1, -0.05) is 0 Å². The molecule has 1 fully saturated rings. The van der Waals surface area contributed by atoms with Gasteiger partial charge in [0.15, 0.2) is 5.76 Å². The number of furan rings is 1. The van der Waals surface area contributed by atoms with E-state index in [0.29, 0.717) is 25.9 Å². The van der Waals surface area contributed by atoms with Crippen LogP contribution in [0, 0.1) is 10.1 Å². The average Bonchev–Trinajstić information content (AvgIpc) is 3.33. The summed E-state index contributed by atoms with van der Waals surface area (Å²) in [6.07, 6.45) is 4.51. The Kier molecular flexibility index (Phi) is 4.78. The molecule has 10 heteroatoms. The lowest BCUT2D eigenvalue weighted by molar-refractivity contribution is -0.402. The minimum atomic E-state index is -0.720. The van der Waals surface area contributed by atoms with Crippen LogP contribution in [-0.4, -0.2) is 50.7 Å². The molecule has 1 saturated heterocycles. The molecule has 1 amide bonds. The Hall–Kier alpha value is -3.17. The number of carbonyl (C=O) groups excluding carboxylic acids is 2. The van der Waals surface area contributed by atoms with E-state index in [4.69, 9.17) is 9.15 Å². The number of rotatable bonds is 6. The quantitative estimate of drug-likeness (QED) is 0.437. The third-order valence-electron chi connectivity index (χ3n) is 3.89. The van der Waals surface area contributed by atoms with Crippen LogP contribution in [-0.2, 0) is 16.1 Å². The van der Waals surface area contributed by atoms with Crippen molar-refractivity contribution in [3.05, 3.63) is 46.5 Å². The molecule has 2 aromatic rings. The van der Waals surface area contributed by atoms with E-state index < -0.39 is 28.7 Å². The maximum absolute atomic E-state index is 12.4. The molecule has 2 aromatic heterocycles. The van der Waals surface area contributed by atoms with E-state index in [9.17, 15) is 19.7 Å². The molecule has 0 saturated carbocycles. The zero-order valence-electron chi connectivity index (χ0n) is 13.2. The topological polar surface area (TPSA) is 121 Å². The first kappa shape index (κ1) is 16.7. The van der Waals surface area contributed by atoms with Gasteiger partial charge in [0, 0.05) is 18.9 Å². The van der Waals surface area contributed by atoms with E-state index in [-0.39, 0.29) is 12.4 Å². The summed E-state index contributed by atoms with van der Waals surface area (Å²) in [6, 6.07) is 3.40. The summed E-state index contributed by atoms with van der Waals surface area (Å²) in [5, 5.41) is 14.7. The number of ether oxygens (including phenoxy) is 1. The molecule has 0 radical (unpaired) electrons. The van der Waals surface area contributed by atoms with Crippen molar-refractivity contribution in [1.29, 1.82) is 0 Å². The van der Waals surface area contributed by atoms with Gasteiger partial charge in [-0.3, -0.25) is 19.6 Å². The number of hydrogen-bond donors (Lipinski definition) is 0. The van der Waals surface area contributed by atoms with Gasteiger partial charge in [0.1, 0.15) is 17.6 Å². The van der Waals surface area contributed by atoms with Gasteiger partial charge in [0.25, 0.3) is 5.91 Å². The van der Waals surface area contributed by atoms with Gasteiger partial charge in [-0.05, 0) is 25.0 Å². The highest BCUT2D eigenvalue weighted by atomic mass is 16.6. The maximum Gasteiger partial charge on any atom is 0.433 e. The summed E-state index contributed by atoms with van der Waals surface area (Å²) in [5.74, 6) is -1.73. The van der Waals surface area contributed by atoms with Crippen LogP contribution >= 0.6 is 0 Å². The van der Waals surface area contributed by atoms with E-state index in [1.165, 1.54) is 11.0 Å². The smallest absolute Gasteiger partial charge is 0.433 e. The summed E-state index contributed by atoms with van der Waals surface area (Å²) in [6.45, 7) is 0.932. The Morgan fingerprint density at radius 3 is 2.96 bits per heavy atom. The van der Waals surface area contributed by atoms with Gasteiger partial charge in [-0.15, -0.1) is 0 Å². The first-order valence-electron chi connectivity index (χ1n) is 7.75. The maximum atomic E-state index is 12.4. The molecule has 1 aliphatic rings. The number of hydrogen-bond acceptors (Lipinski definition) is 7. The molecule has 0 unspecified atom stereocenters. The third-order valence-corrected chi connectivity index (χ3v) is 3.89. The molecule has 0 N–H and O–H groups in total. The number of likely N-dealkylation sites (tertiary alicyclic amines) is 1. The van der Waals surface area contributed by atoms with Crippen LogP contribution in [0.4, 0.5) is 5.88 Å². The summed E-state index contributed by atoms with van der Waals surface area (Å²) < 4.78 is 11.8. The SMILES string of the molecule is O=C(OCCn1cccn1)[C@H]1CCCN1C(=O)c1ccc([N+](=O)[O-])o1. The first-order valence-corrected chi connectivity index (χ1v) is 7.75. The zero-order chi connectivity index (χ0) is 17.8. The average molecular weight is 348 g/mol. The van der Waals surface area contributed by atoms with Crippen molar-refractivity contribution in [2.24, 2.45) is 0 Å². The summed E-state index contributed by atoms with van der Waals surface area (Å²) in [5.41, 5.74) is 0. The Bertz CT molecular complexity index is 769. The summed E-state index contributed by atoms with van der Waals surface area (Å²) >= 11 is 0. The Morgan fingerprint density at radius 1 is 1.44 bits per heavy atom. The molecule has 132 valence electrons. The number of esters is 1. The third kappa shape index (κ3) is 3.67. The molecule has 10 nitrogen and oxygen atoms in total. The Balaban J connectivity index is 1.59. The fraction of sp³-hybridized carbons (Fsp3) is 0.400. The van der Waals surface area contributed by atoms with Crippen LogP contribution in [0.25, 0.3) is 0 Å². The monoisotopic (exact) mass is 348 g/mol. The summed E-state index contributed by atoms with van der Waals surface area (Å²) in [4.78, 5) is 36.0. The van der Waals surface area contributed by atoms with Crippen LogP contribution in [0.1, 0.15) is 23.4 Å². The van der Waals surface area contributed by atoms with E-state index in [2.05, 4.69) is 5.10 Å². The van der Waals surface area contributed by atoms with Crippen LogP contribution in [0.15, 0.2) is 35.0 Å². The molecule has 1 aliphatic heterocycles. The number of nitro groups is 1. The number of amides is 1. The molecule has 0 bridgehead atoms. The number of nitrogens with zero attached hydrogens (tertiary/aromatic N) is 4. The zero-order valence-corrected chi connectivity index (χ0v) is 13.2. The van der Waals surface area contributed by atoms with Gasteiger partial charge in [-0.2, -0.15) is 5.10 Å². The molecule has 3 rings (SSSR count). The normalized spacial score (nSPS) is 16.8. The summed E-state index contributed by atoms with van der Waals surface area (Å²) in [7, 11) is 0. The first-order chi connectivity index (χ1) is 12.1. The molecular formula is C15H16N4O6. The molecule has 25 heavy (non-hydrogen) atoms. The predicted molar refractivity (Wildman–Crippen MR) is 82.6 cm³/mol. The highest BCUT2D eigenvalue weighted by Gasteiger charge is 2.37. The molecule has 0 spiro atoms. The van der Waals surface area contributed by atoms with Crippen LogP contribution < -0.4 is 0 Å². The molecule has 0 aromatic carbocycles.